The molecule has 1 nitrogen and oxygen atoms in total. The maximum atomic E-state index is 13.8. The molecule has 0 spiro atoms. The Bertz CT molecular complexity index is 473. The molecule has 1 aromatic rings. The highest BCUT2D eigenvalue weighted by Crippen LogP contribution is 2.43. The minimum atomic E-state index is -1.50. The molecular formula is C15H19F3O. The van der Waals surface area contributed by atoms with Crippen LogP contribution in [0.4, 0.5) is 13.2 Å². The third kappa shape index (κ3) is 2.64. The molecule has 0 radical (unpaired) electrons. The lowest BCUT2D eigenvalue weighted by molar-refractivity contribution is -0.0327. The molecule has 1 aromatic carbocycles. The van der Waals surface area contributed by atoms with Gasteiger partial charge in [-0.25, -0.2) is 13.2 Å². The highest BCUT2D eigenvalue weighted by atomic mass is 19.2. The topological polar surface area (TPSA) is 20.2 Å². The minimum absolute atomic E-state index is 0.114. The van der Waals surface area contributed by atoms with Crippen LogP contribution in [-0.4, -0.2) is 5.11 Å². The highest BCUT2D eigenvalue weighted by Gasteiger charge is 2.39. The van der Waals surface area contributed by atoms with Gasteiger partial charge in [-0.1, -0.05) is 19.9 Å². The van der Waals surface area contributed by atoms with E-state index in [2.05, 4.69) is 13.8 Å². The van der Waals surface area contributed by atoms with Crippen molar-refractivity contribution in [2.45, 2.75) is 45.1 Å². The van der Waals surface area contributed by atoms with E-state index in [1.807, 2.05) is 0 Å². The van der Waals surface area contributed by atoms with Gasteiger partial charge in [0.1, 0.15) is 0 Å². The fourth-order valence-corrected chi connectivity index (χ4v) is 2.99. The molecule has 1 aliphatic rings. The normalized spacial score (nSPS) is 27.8. The number of halogens is 3. The van der Waals surface area contributed by atoms with Gasteiger partial charge in [-0.05, 0) is 43.6 Å². The molecule has 1 fully saturated rings. The third-order valence-corrected chi connectivity index (χ3v) is 4.24. The maximum absolute atomic E-state index is 13.8. The Morgan fingerprint density at radius 2 is 1.89 bits per heavy atom. The van der Waals surface area contributed by atoms with E-state index in [9.17, 15) is 18.3 Å². The summed E-state index contributed by atoms with van der Waals surface area (Å²) in [5.41, 5.74) is -1.50. The predicted octanol–water partition coefficient (Wildman–Crippen LogP) is 4.14. The van der Waals surface area contributed by atoms with Gasteiger partial charge in [0.25, 0.3) is 0 Å². The lowest BCUT2D eigenvalue weighted by atomic mass is 9.71. The lowest BCUT2D eigenvalue weighted by Crippen LogP contribution is -2.35. The SMILES string of the molecule is CC(C)C1CCCC(O)(c2ccc(F)c(F)c2F)C1. The van der Waals surface area contributed by atoms with Crippen LogP contribution in [0.5, 0.6) is 0 Å². The summed E-state index contributed by atoms with van der Waals surface area (Å²) in [6.45, 7) is 4.11. The molecule has 106 valence electrons. The number of aliphatic hydroxyl groups is 1. The first-order valence-electron chi connectivity index (χ1n) is 6.71. The molecule has 4 heteroatoms. The van der Waals surface area contributed by atoms with Gasteiger partial charge >= 0.3 is 0 Å². The largest absolute Gasteiger partial charge is 0.385 e. The summed E-state index contributed by atoms with van der Waals surface area (Å²) in [5, 5.41) is 10.6. The van der Waals surface area contributed by atoms with Crippen LogP contribution in [0.1, 0.15) is 45.1 Å². The van der Waals surface area contributed by atoms with Gasteiger partial charge < -0.3 is 5.11 Å². The molecule has 2 rings (SSSR count). The maximum Gasteiger partial charge on any atom is 0.194 e. The van der Waals surface area contributed by atoms with Crippen molar-refractivity contribution in [3.63, 3.8) is 0 Å². The van der Waals surface area contributed by atoms with E-state index in [4.69, 9.17) is 0 Å². The number of benzene rings is 1. The van der Waals surface area contributed by atoms with Crippen LogP contribution in [0.15, 0.2) is 12.1 Å². The second-order valence-electron chi connectivity index (χ2n) is 5.85. The zero-order valence-corrected chi connectivity index (χ0v) is 11.2. The Balaban J connectivity index is 2.37. The Labute approximate surface area is 111 Å². The van der Waals surface area contributed by atoms with E-state index < -0.39 is 23.1 Å². The number of hydrogen-bond acceptors (Lipinski definition) is 1. The van der Waals surface area contributed by atoms with Crippen molar-refractivity contribution in [1.82, 2.24) is 0 Å². The van der Waals surface area contributed by atoms with Gasteiger partial charge in [-0.3, -0.25) is 0 Å². The van der Waals surface area contributed by atoms with E-state index in [1.54, 1.807) is 0 Å². The second kappa shape index (κ2) is 5.16. The Morgan fingerprint density at radius 1 is 1.21 bits per heavy atom. The first kappa shape index (κ1) is 14.4. The second-order valence-corrected chi connectivity index (χ2v) is 5.85. The average molecular weight is 272 g/mol. The predicted molar refractivity (Wildman–Crippen MR) is 67.0 cm³/mol. The molecule has 0 heterocycles. The van der Waals surface area contributed by atoms with Crippen LogP contribution < -0.4 is 0 Å². The van der Waals surface area contributed by atoms with Gasteiger partial charge in [-0.15, -0.1) is 0 Å². The van der Waals surface area contributed by atoms with Crippen molar-refractivity contribution in [1.29, 1.82) is 0 Å². The van der Waals surface area contributed by atoms with Crippen molar-refractivity contribution in [2.75, 3.05) is 0 Å². The fraction of sp³-hybridized carbons (Fsp3) is 0.600. The summed E-state index contributed by atoms with van der Waals surface area (Å²) in [7, 11) is 0. The molecule has 19 heavy (non-hydrogen) atoms. The van der Waals surface area contributed by atoms with Gasteiger partial charge in [0.2, 0.25) is 0 Å². The Hall–Kier alpha value is -1.03. The van der Waals surface area contributed by atoms with Crippen LogP contribution in [0.25, 0.3) is 0 Å². The van der Waals surface area contributed by atoms with Crippen LogP contribution in [0, 0.1) is 29.3 Å². The van der Waals surface area contributed by atoms with Crippen molar-refractivity contribution in [2.24, 2.45) is 11.8 Å². The van der Waals surface area contributed by atoms with Crippen molar-refractivity contribution in [3.8, 4) is 0 Å². The van der Waals surface area contributed by atoms with Crippen molar-refractivity contribution >= 4 is 0 Å². The van der Waals surface area contributed by atoms with E-state index in [0.29, 0.717) is 18.8 Å². The Morgan fingerprint density at radius 3 is 2.53 bits per heavy atom. The van der Waals surface area contributed by atoms with Crippen molar-refractivity contribution in [3.05, 3.63) is 35.1 Å². The molecular weight excluding hydrogens is 253 g/mol. The summed E-state index contributed by atoms with van der Waals surface area (Å²) in [4.78, 5) is 0. The minimum Gasteiger partial charge on any atom is -0.385 e. The molecule has 1 saturated carbocycles. The smallest absolute Gasteiger partial charge is 0.194 e. The summed E-state index contributed by atoms with van der Waals surface area (Å²) < 4.78 is 40.1. The zero-order valence-electron chi connectivity index (χ0n) is 11.2. The molecule has 0 aromatic heterocycles. The van der Waals surface area contributed by atoms with E-state index in [1.165, 1.54) is 0 Å². The third-order valence-electron chi connectivity index (χ3n) is 4.24. The van der Waals surface area contributed by atoms with Crippen LogP contribution in [0.3, 0.4) is 0 Å². The van der Waals surface area contributed by atoms with Crippen LogP contribution in [-0.2, 0) is 5.60 Å². The fourth-order valence-electron chi connectivity index (χ4n) is 2.99. The summed E-state index contributed by atoms with van der Waals surface area (Å²) in [6.07, 6.45) is 2.52. The monoisotopic (exact) mass is 272 g/mol. The first-order valence-corrected chi connectivity index (χ1v) is 6.71. The molecule has 0 saturated heterocycles. The Kier molecular flexibility index (Phi) is 3.90. The average Bonchev–Trinajstić information content (AvgIpc) is 2.35. The van der Waals surface area contributed by atoms with E-state index in [-0.39, 0.29) is 11.5 Å². The zero-order chi connectivity index (χ0) is 14.2. The highest BCUT2D eigenvalue weighted by molar-refractivity contribution is 5.27. The number of rotatable bonds is 2. The van der Waals surface area contributed by atoms with Gasteiger partial charge in [-0.2, -0.15) is 0 Å². The number of hydrogen-bond donors (Lipinski definition) is 1. The van der Waals surface area contributed by atoms with Crippen molar-refractivity contribution < 1.29 is 18.3 Å². The first-order chi connectivity index (χ1) is 8.85. The summed E-state index contributed by atoms with van der Waals surface area (Å²) >= 11 is 0. The molecule has 2 unspecified atom stereocenters. The quantitative estimate of drug-likeness (QED) is 0.802. The molecule has 1 N–H and O–H groups in total. The summed E-state index contributed by atoms with van der Waals surface area (Å²) in [5.74, 6) is -3.34. The standard InChI is InChI=1S/C15H19F3O/c1-9(2)10-4-3-7-15(19,8-10)11-5-6-12(16)14(18)13(11)17/h5-6,9-10,19H,3-4,7-8H2,1-2H3. The van der Waals surface area contributed by atoms with E-state index in [0.717, 1.165) is 25.0 Å². The van der Waals surface area contributed by atoms with Gasteiger partial charge in [0.05, 0.1) is 5.60 Å². The molecule has 1 aliphatic carbocycles. The van der Waals surface area contributed by atoms with Gasteiger partial charge in [0, 0.05) is 5.56 Å². The molecule has 0 bridgehead atoms. The van der Waals surface area contributed by atoms with Crippen LogP contribution in [0.2, 0.25) is 0 Å². The molecule has 0 aliphatic heterocycles. The van der Waals surface area contributed by atoms with Crippen LogP contribution >= 0.6 is 0 Å². The van der Waals surface area contributed by atoms with E-state index >= 15 is 0 Å². The summed E-state index contributed by atoms with van der Waals surface area (Å²) in [6, 6.07) is 2.04. The molecule has 2 atom stereocenters. The molecule has 0 amide bonds. The van der Waals surface area contributed by atoms with Gasteiger partial charge in [0.15, 0.2) is 17.5 Å². The lowest BCUT2D eigenvalue weighted by Gasteiger charge is -2.39.